The molecule has 2 unspecified atom stereocenters. The molecule has 2 atom stereocenters. The third-order valence-electron chi connectivity index (χ3n) is 2.53. The number of carbonyl (C=O) groups is 1. The monoisotopic (exact) mass is 246 g/mol. The minimum Gasteiger partial charge on any atom is -0.393 e. The topological polar surface area (TPSA) is 55.6 Å². The van der Waals surface area contributed by atoms with Crippen LogP contribution in [0.15, 0.2) is 0 Å². The summed E-state index contributed by atoms with van der Waals surface area (Å²) in [6.45, 7) is 4.54. The van der Waals surface area contributed by atoms with Crippen LogP contribution >= 0.6 is 12.2 Å². The third kappa shape index (κ3) is 6.02. The van der Waals surface area contributed by atoms with E-state index in [2.05, 4.69) is 0 Å². The first-order chi connectivity index (χ1) is 7.38. The van der Waals surface area contributed by atoms with Crippen molar-refractivity contribution in [2.45, 2.75) is 32.7 Å². The number of rotatable bonds is 7. The molecule has 0 heterocycles. The van der Waals surface area contributed by atoms with Gasteiger partial charge in [-0.2, -0.15) is 0 Å². The molecule has 16 heavy (non-hydrogen) atoms. The number of thiocarbonyl (C=S) groups is 1. The smallest absolute Gasteiger partial charge is 0.222 e. The van der Waals surface area contributed by atoms with Gasteiger partial charge in [-0.3, -0.25) is 4.79 Å². The summed E-state index contributed by atoms with van der Waals surface area (Å²) >= 11 is 4.83. The van der Waals surface area contributed by atoms with E-state index in [1.807, 2.05) is 13.8 Å². The van der Waals surface area contributed by atoms with Gasteiger partial charge in [0.25, 0.3) is 0 Å². The lowest BCUT2D eigenvalue weighted by Gasteiger charge is -2.25. The zero-order valence-corrected chi connectivity index (χ0v) is 11.3. The lowest BCUT2D eigenvalue weighted by atomic mass is 10.1. The fourth-order valence-electron chi connectivity index (χ4n) is 1.46. The van der Waals surface area contributed by atoms with Crippen LogP contribution in [0.25, 0.3) is 0 Å². The van der Waals surface area contributed by atoms with Crippen molar-refractivity contribution in [3.63, 3.8) is 0 Å². The van der Waals surface area contributed by atoms with Crippen LogP contribution in [-0.4, -0.2) is 42.6 Å². The number of methoxy groups -OCH3 is 1. The molecule has 0 aliphatic heterocycles. The highest BCUT2D eigenvalue weighted by molar-refractivity contribution is 7.80. The SMILES string of the molecule is COCC(C)CC(=O)N(C)C(C)CC(N)=S. The van der Waals surface area contributed by atoms with Gasteiger partial charge in [-0.25, -0.2) is 0 Å². The molecule has 0 bridgehead atoms. The van der Waals surface area contributed by atoms with Crippen LogP contribution in [0.3, 0.4) is 0 Å². The molecule has 0 spiro atoms. The van der Waals surface area contributed by atoms with E-state index in [9.17, 15) is 4.79 Å². The molecular formula is C11H22N2O2S. The molecule has 0 saturated heterocycles. The first-order valence-electron chi connectivity index (χ1n) is 5.41. The average molecular weight is 246 g/mol. The zero-order chi connectivity index (χ0) is 12.7. The summed E-state index contributed by atoms with van der Waals surface area (Å²) in [6, 6.07) is 0.0553. The summed E-state index contributed by atoms with van der Waals surface area (Å²) in [7, 11) is 3.42. The maximum absolute atomic E-state index is 11.8. The largest absolute Gasteiger partial charge is 0.393 e. The van der Waals surface area contributed by atoms with Crippen molar-refractivity contribution in [1.29, 1.82) is 0 Å². The van der Waals surface area contributed by atoms with Crippen LogP contribution in [0, 0.1) is 5.92 Å². The highest BCUT2D eigenvalue weighted by Crippen LogP contribution is 2.09. The summed E-state index contributed by atoms with van der Waals surface area (Å²) in [5, 5.41) is 0. The van der Waals surface area contributed by atoms with E-state index < -0.39 is 0 Å². The highest BCUT2D eigenvalue weighted by atomic mass is 32.1. The van der Waals surface area contributed by atoms with Crippen molar-refractivity contribution in [2.75, 3.05) is 20.8 Å². The summed E-state index contributed by atoms with van der Waals surface area (Å²) in [5.74, 6) is 0.338. The number of carbonyl (C=O) groups excluding carboxylic acids is 1. The molecule has 5 heteroatoms. The number of hydrogen-bond acceptors (Lipinski definition) is 3. The van der Waals surface area contributed by atoms with Gasteiger partial charge in [0.1, 0.15) is 0 Å². The molecule has 0 fully saturated rings. The van der Waals surface area contributed by atoms with Gasteiger partial charge < -0.3 is 15.4 Å². The summed E-state index contributed by atoms with van der Waals surface area (Å²) in [5.41, 5.74) is 5.45. The molecular weight excluding hydrogens is 224 g/mol. The van der Waals surface area contributed by atoms with E-state index in [1.54, 1.807) is 19.1 Å². The second kappa shape index (κ2) is 7.57. The van der Waals surface area contributed by atoms with Crippen molar-refractivity contribution in [1.82, 2.24) is 4.90 Å². The summed E-state index contributed by atoms with van der Waals surface area (Å²) in [6.07, 6.45) is 1.06. The number of nitrogens with zero attached hydrogens (tertiary/aromatic N) is 1. The number of nitrogens with two attached hydrogens (primary N) is 1. The van der Waals surface area contributed by atoms with E-state index in [1.165, 1.54) is 0 Å². The molecule has 0 aliphatic carbocycles. The third-order valence-corrected chi connectivity index (χ3v) is 2.69. The van der Waals surface area contributed by atoms with Crippen LogP contribution < -0.4 is 5.73 Å². The Hall–Kier alpha value is -0.680. The van der Waals surface area contributed by atoms with Gasteiger partial charge in [-0.1, -0.05) is 19.1 Å². The number of hydrogen-bond donors (Lipinski definition) is 1. The Kier molecular flexibility index (Phi) is 7.25. The molecule has 0 radical (unpaired) electrons. The first kappa shape index (κ1) is 15.3. The number of amides is 1. The van der Waals surface area contributed by atoms with Crippen molar-refractivity contribution in [3.8, 4) is 0 Å². The lowest BCUT2D eigenvalue weighted by molar-refractivity contribution is -0.132. The van der Waals surface area contributed by atoms with E-state index in [4.69, 9.17) is 22.7 Å². The fourth-order valence-corrected chi connectivity index (χ4v) is 1.70. The minimum absolute atomic E-state index is 0.0553. The molecule has 0 aromatic heterocycles. The predicted octanol–water partition coefficient (Wildman–Crippen LogP) is 1.18. The maximum Gasteiger partial charge on any atom is 0.222 e. The van der Waals surface area contributed by atoms with E-state index in [0.29, 0.717) is 24.4 Å². The van der Waals surface area contributed by atoms with Gasteiger partial charge in [0.15, 0.2) is 0 Å². The van der Waals surface area contributed by atoms with Crippen LogP contribution in [0.4, 0.5) is 0 Å². The molecule has 4 nitrogen and oxygen atoms in total. The first-order valence-corrected chi connectivity index (χ1v) is 5.82. The quantitative estimate of drug-likeness (QED) is 0.685. The molecule has 0 saturated carbocycles. The molecule has 1 amide bonds. The molecule has 0 aromatic carbocycles. The molecule has 0 aromatic rings. The second-order valence-corrected chi connectivity index (χ2v) is 4.81. The summed E-state index contributed by atoms with van der Waals surface area (Å²) < 4.78 is 5.00. The van der Waals surface area contributed by atoms with Gasteiger partial charge in [-0.15, -0.1) is 0 Å². The normalized spacial score (nSPS) is 14.2. The van der Waals surface area contributed by atoms with Gasteiger partial charge in [0.2, 0.25) is 5.91 Å². The van der Waals surface area contributed by atoms with Gasteiger partial charge in [-0.05, 0) is 12.8 Å². The zero-order valence-electron chi connectivity index (χ0n) is 10.5. The van der Waals surface area contributed by atoms with Crippen LogP contribution in [-0.2, 0) is 9.53 Å². The molecule has 94 valence electrons. The van der Waals surface area contributed by atoms with Crippen molar-refractivity contribution in [2.24, 2.45) is 11.7 Å². The Labute approximate surface area is 103 Å². The van der Waals surface area contributed by atoms with Crippen molar-refractivity contribution in [3.05, 3.63) is 0 Å². The molecule has 0 rings (SSSR count). The van der Waals surface area contributed by atoms with Gasteiger partial charge >= 0.3 is 0 Å². The highest BCUT2D eigenvalue weighted by Gasteiger charge is 2.18. The molecule has 0 aliphatic rings. The Bertz CT molecular complexity index is 246. The fraction of sp³-hybridized carbons (Fsp3) is 0.818. The molecule has 2 N–H and O–H groups in total. The average Bonchev–Trinajstić information content (AvgIpc) is 2.15. The van der Waals surface area contributed by atoms with Crippen molar-refractivity contribution < 1.29 is 9.53 Å². The lowest BCUT2D eigenvalue weighted by Crippen LogP contribution is -2.38. The van der Waals surface area contributed by atoms with Gasteiger partial charge in [0, 0.05) is 39.6 Å². The predicted molar refractivity (Wildman–Crippen MR) is 69.3 cm³/mol. The Morgan fingerprint density at radius 1 is 1.44 bits per heavy atom. The van der Waals surface area contributed by atoms with E-state index >= 15 is 0 Å². The number of ether oxygens (including phenoxy) is 1. The Morgan fingerprint density at radius 3 is 2.44 bits per heavy atom. The van der Waals surface area contributed by atoms with Crippen LogP contribution in [0.5, 0.6) is 0 Å². The van der Waals surface area contributed by atoms with Gasteiger partial charge in [0.05, 0.1) is 4.99 Å². The van der Waals surface area contributed by atoms with E-state index in [-0.39, 0.29) is 17.9 Å². The summed E-state index contributed by atoms with van der Waals surface area (Å²) in [4.78, 5) is 14.0. The van der Waals surface area contributed by atoms with Crippen LogP contribution in [0.2, 0.25) is 0 Å². The Balaban J connectivity index is 4.11. The minimum atomic E-state index is 0.0553. The maximum atomic E-state index is 11.8. The Morgan fingerprint density at radius 2 is 2.00 bits per heavy atom. The van der Waals surface area contributed by atoms with Crippen LogP contribution in [0.1, 0.15) is 26.7 Å². The standard InChI is InChI=1S/C11H22N2O2S/c1-8(7-15-4)5-11(14)13(3)9(2)6-10(12)16/h8-9H,5-7H2,1-4H3,(H2,12,16). The second-order valence-electron chi connectivity index (χ2n) is 4.29. The van der Waals surface area contributed by atoms with Crippen molar-refractivity contribution >= 4 is 23.1 Å². The van der Waals surface area contributed by atoms with E-state index in [0.717, 1.165) is 0 Å².